The van der Waals surface area contributed by atoms with Crippen molar-refractivity contribution in [3.05, 3.63) is 59.4 Å². The number of hydrogen-bond donors (Lipinski definition) is 2. The SMILES string of the molecule is C[C@H](C1CCNCC1)n1c(Cc2ccccc2)nc2c3c(ccc21)N(C(=O)O)[C@@H](C)CC3. The molecule has 2 N–H and O–H groups in total. The molecule has 2 aliphatic heterocycles. The van der Waals surface area contributed by atoms with Crippen molar-refractivity contribution in [1.29, 1.82) is 0 Å². The van der Waals surface area contributed by atoms with Gasteiger partial charge in [0.15, 0.2) is 0 Å². The minimum Gasteiger partial charge on any atom is -0.465 e. The van der Waals surface area contributed by atoms with Crippen molar-refractivity contribution in [3.63, 3.8) is 0 Å². The minimum absolute atomic E-state index is 0.0167. The Morgan fingerprint density at radius 1 is 1.16 bits per heavy atom. The molecule has 6 nitrogen and oxygen atoms in total. The summed E-state index contributed by atoms with van der Waals surface area (Å²) >= 11 is 0. The predicted octanol–water partition coefficient (Wildman–Crippen LogP) is 5.01. The van der Waals surface area contributed by atoms with E-state index in [0.29, 0.717) is 12.0 Å². The normalized spacial score (nSPS) is 20.3. The van der Waals surface area contributed by atoms with Crippen LogP contribution in [0, 0.1) is 5.92 Å². The molecule has 168 valence electrons. The lowest BCUT2D eigenvalue weighted by Gasteiger charge is -2.33. The third-order valence-electron chi connectivity index (χ3n) is 7.41. The molecule has 3 heterocycles. The topological polar surface area (TPSA) is 70.4 Å². The second-order valence-corrected chi connectivity index (χ2v) is 9.36. The number of benzene rings is 2. The lowest BCUT2D eigenvalue weighted by molar-refractivity contribution is 0.198. The first-order valence-corrected chi connectivity index (χ1v) is 11.8. The van der Waals surface area contributed by atoms with E-state index in [1.165, 1.54) is 23.3 Å². The van der Waals surface area contributed by atoms with Crippen LogP contribution in [0.5, 0.6) is 0 Å². The van der Waals surface area contributed by atoms with E-state index in [-0.39, 0.29) is 6.04 Å². The van der Waals surface area contributed by atoms with Crippen LogP contribution in [0.2, 0.25) is 0 Å². The summed E-state index contributed by atoms with van der Waals surface area (Å²) in [6.07, 6.45) is 3.91. The summed E-state index contributed by atoms with van der Waals surface area (Å²) in [5.74, 6) is 1.68. The van der Waals surface area contributed by atoms with Gasteiger partial charge < -0.3 is 15.0 Å². The molecular formula is C26H32N4O2. The molecule has 5 rings (SSSR count). The highest BCUT2D eigenvalue weighted by atomic mass is 16.4. The van der Waals surface area contributed by atoms with E-state index in [1.807, 2.05) is 19.1 Å². The van der Waals surface area contributed by atoms with Crippen LogP contribution in [0.3, 0.4) is 0 Å². The molecule has 1 fully saturated rings. The fourth-order valence-electron chi connectivity index (χ4n) is 5.63. The summed E-state index contributed by atoms with van der Waals surface area (Å²) in [5.41, 5.74) is 5.24. The molecule has 0 bridgehead atoms. The third kappa shape index (κ3) is 3.66. The zero-order chi connectivity index (χ0) is 22.2. The van der Waals surface area contributed by atoms with Crippen LogP contribution in [0.1, 0.15) is 56.1 Å². The van der Waals surface area contributed by atoms with E-state index in [0.717, 1.165) is 60.5 Å². The Morgan fingerprint density at radius 3 is 2.62 bits per heavy atom. The second kappa shape index (κ2) is 8.58. The lowest BCUT2D eigenvalue weighted by atomic mass is 9.90. The Morgan fingerprint density at radius 2 is 1.91 bits per heavy atom. The van der Waals surface area contributed by atoms with E-state index in [4.69, 9.17) is 4.98 Å². The smallest absolute Gasteiger partial charge is 0.412 e. The van der Waals surface area contributed by atoms with Crippen molar-refractivity contribution in [2.45, 2.75) is 58.0 Å². The zero-order valence-electron chi connectivity index (χ0n) is 18.9. The minimum atomic E-state index is -0.884. The summed E-state index contributed by atoms with van der Waals surface area (Å²) in [4.78, 5) is 18.7. The van der Waals surface area contributed by atoms with Crippen LogP contribution in [0.15, 0.2) is 42.5 Å². The third-order valence-corrected chi connectivity index (χ3v) is 7.41. The van der Waals surface area contributed by atoms with Crippen LogP contribution < -0.4 is 10.2 Å². The van der Waals surface area contributed by atoms with Gasteiger partial charge in [0.05, 0.1) is 16.7 Å². The van der Waals surface area contributed by atoms with Gasteiger partial charge in [0.2, 0.25) is 0 Å². The average molecular weight is 433 g/mol. The molecule has 2 aliphatic rings. The Balaban J connectivity index is 1.65. The number of amides is 1. The van der Waals surface area contributed by atoms with Gasteiger partial charge in [-0.25, -0.2) is 9.78 Å². The van der Waals surface area contributed by atoms with E-state index in [9.17, 15) is 9.90 Å². The molecule has 1 aromatic heterocycles. The standard InChI is InChI=1S/C26H32N4O2/c1-17-8-9-21-22(29(17)26(31)32)10-11-23-25(21)28-24(16-19-6-4-3-5-7-19)30(23)18(2)20-12-14-27-15-13-20/h3-7,10-11,17-18,20,27H,8-9,12-16H2,1-2H3,(H,31,32)/t17-,18+/m0/s1. The van der Waals surface area contributed by atoms with Crippen molar-refractivity contribution in [3.8, 4) is 0 Å². The van der Waals surface area contributed by atoms with Gasteiger partial charge in [0.25, 0.3) is 0 Å². The fourth-order valence-corrected chi connectivity index (χ4v) is 5.63. The molecule has 6 heteroatoms. The highest BCUT2D eigenvalue weighted by Gasteiger charge is 2.32. The van der Waals surface area contributed by atoms with Crippen LogP contribution >= 0.6 is 0 Å². The highest BCUT2D eigenvalue weighted by molar-refractivity contribution is 5.94. The molecule has 32 heavy (non-hydrogen) atoms. The van der Waals surface area contributed by atoms with Crippen molar-refractivity contribution >= 4 is 22.8 Å². The Hall–Kier alpha value is -2.86. The van der Waals surface area contributed by atoms with Gasteiger partial charge in [0.1, 0.15) is 5.82 Å². The summed E-state index contributed by atoms with van der Waals surface area (Å²) in [5, 5.41) is 13.3. The van der Waals surface area contributed by atoms with E-state index in [2.05, 4.69) is 47.1 Å². The van der Waals surface area contributed by atoms with Gasteiger partial charge in [-0.05, 0) is 76.2 Å². The molecule has 0 radical (unpaired) electrons. The fraction of sp³-hybridized carbons (Fsp3) is 0.462. The molecule has 0 spiro atoms. The van der Waals surface area contributed by atoms with E-state index in [1.54, 1.807) is 0 Å². The number of aryl methyl sites for hydroxylation is 1. The van der Waals surface area contributed by atoms with Gasteiger partial charge in [0, 0.05) is 24.1 Å². The number of rotatable bonds is 4. The molecule has 0 unspecified atom stereocenters. The number of carbonyl (C=O) groups is 1. The van der Waals surface area contributed by atoms with Crippen molar-refractivity contribution < 1.29 is 9.90 Å². The number of nitrogens with one attached hydrogen (secondary N) is 1. The van der Waals surface area contributed by atoms with Crippen LogP contribution in [0.25, 0.3) is 11.0 Å². The number of fused-ring (bicyclic) bond motifs is 3. The second-order valence-electron chi connectivity index (χ2n) is 9.36. The number of imidazole rings is 1. The molecule has 0 aliphatic carbocycles. The van der Waals surface area contributed by atoms with E-state index < -0.39 is 6.09 Å². The predicted molar refractivity (Wildman–Crippen MR) is 128 cm³/mol. The van der Waals surface area contributed by atoms with Crippen molar-refractivity contribution in [1.82, 2.24) is 14.9 Å². The largest absolute Gasteiger partial charge is 0.465 e. The van der Waals surface area contributed by atoms with Crippen LogP contribution in [0.4, 0.5) is 10.5 Å². The molecule has 0 saturated carbocycles. The number of hydrogen-bond acceptors (Lipinski definition) is 3. The van der Waals surface area contributed by atoms with Crippen molar-refractivity contribution in [2.24, 2.45) is 5.92 Å². The summed E-state index contributed by atoms with van der Waals surface area (Å²) in [6, 6.07) is 14.9. The first-order chi connectivity index (χ1) is 15.5. The van der Waals surface area contributed by atoms with Crippen molar-refractivity contribution in [2.75, 3.05) is 18.0 Å². The van der Waals surface area contributed by atoms with Gasteiger partial charge in [-0.3, -0.25) is 4.90 Å². The van der Waals surface area contributed by atoms with Gasteiger partial charge in [-0.2, -0.15) is 0 Å². The molecule has 2 atom stereocenters. The Kier molecular flexibility index (Phi) is 5.64. The number of piperidine rings is 1. The molecule has 1 amide bonds. The van der Waals surface area contributed by atoms with Gasteiger partial charge in [-0.15, -0.1) is 0 Å². The number of anilines is 1. The van der Waals surface area contributed by atoms with Gasteiger partial charge in [-0.1, -0.05) is 30.3 Å². The maximum absolute atomic E-state index is 12.0. The average Bonchev–Trinajstić information content (AvgIpc) is 3.17. The molecular weight excluding hydrogens is 400 g/mol. The monoisotopic (exact) mass is 432 g/mol. The zero-order valence-corrected chi connectivity index (χ0v) is 18.9. The molecule has 1 saturated heterocycles. The molecule has 2 aromatic carbocycles. The van der Waals surface area contributed by atoms with Crippen LogP contribution in [-0.2, 0) is 12.8 Å². The summed E-state index contributed by atoms with van der Waals surface area (Å²) in [7, 11) is 0. The summed E-state index contributed by atoms with van der Waals surface area (Å²) in [6.45, 7) is 6.45. The quantitative estimate of drug-likeness (QED) is 0.608. The lowest BCUT2D eigenvalue weighted by Crippen LogP contribution is -2.41. The van der Waals surface area contributed by atoms with Crippen LogP contribution in [-0.4, -0.2) is 39.9 Å². The molecule has 3 aromatic rings. The Bertz CT molecular complexity index is 1120. The first kappa shape index (κ1) is 21.0. The number of carboxylic acid groups (broad SMARTS) is 1. The highest BCUT2D eigenvalue weighted by Crippen LogP contribution is 2.39. The first-order valence-electron chi connectivity index (χ1n) is 11.8. The number of nitrogens with zero attached hydrogens (tertiary/aromatic N) is 3. The maximum Gasteiger partial charge on any atom is 0.412 e. The van der Waals surface area contributed by atoms with E-state index >= 15 is 0 Å². The number of aromatic nitrogens is 2. The summed E-state index contributed by atoms with van der Waals surface area (Å²) < 4.78 is 2.45. The Labute approximate surface area is 189 Å². The van der Waals surface area contributed by atoms with Gasteiger partial charge >= 0.3 is 6.09 Å². The maximum atomic E-state index is 12.0.